The van der Waals surface area contributed by atoms with Crippen molar-refractivity contribution in [2.75, 3.05) is 18.5 Å². The standard InChI is InChI=1S/C11H17ClN4O3/c1-11(2,3)10-14-8(12)7(16(18)19)9(15-10)13-5-4-6-17/h17H,4-6H2,1-3H3,(H,13,14,15). The number of aliphatic hydroxyl groups is 1. The Hall–Kier alpha value is -1.47. The van der Waals surface area contributed by atoms with Crippen LogP contribution in [0.3, 0.4) is 0 Å². The fourth-order valence-electron chi connectivity index (χ4n) is 1.33. The first-order valence-corrected chi connectivity index (χ1v) is 6.22. The lowest BCUT2D eigenvalue weighted by Gasteiger charge is -2.18. The molecule has 8 heteroatoms. The summed E-state index contributed by atoms with van der Waals surface area (Å²) in [5, 5.41) is 22.3. The molecule has 0 aromatic carbocycles. The largest absolute Gasteiger partial charge is 0.396 e. The van der Waals surface area contributed by atoms with Crippen LogP contribution in [-0.4, -0.2) is 33.1 Å². The van der Waals surface area contributed by atoms with E-state index in [-0.39, 0.29) is 28.7 Å². The van der Waals surface area contributed by atoms with Gasteiger partial charge in [-0.2, -0.15) is 0 Å². The van der Waals surface area contributed by atoms with E-state index >= 15 is 0 Å². The third-order valence-electron chi connectivity index (χ3n) is 2.32. The normalized spacial score (nSPS) is 11.4. The molecule has 0 fully saturated rings. The van der Waals surface area contributed by atoms with Crippen LogP contribution in [0.15, 0.2) is 0 Å². The van der Waals surface area contributed by atoms with Gasteiger partial charge in [0.05, 0.1) is 4.92 Å². The SMILES string of the molecule is CC(C)(C)c1nc(Cl)c([N+](=O)[O-])c(NCCCO)n1. The highest BCUT2D eigenvalue weighted by Crippen LogP contribution is 2.32. The van der Waals surface area contributed by atoms with E-state index in [1.807, 2.05) is 20.8 Å². The molecule has 0 amide bonds. The van der Waals surface area contributed by atoms with Crippen molar-refractivity contribution >= 4 is 23.1 Å². The Kier molecular flexibility index (Phi) is 5.02. The summed E-state index contributed by atoms with van der Waals surface area (Å²) >= 11 is 5.87. The van der Waals surface area contributed by atoms with E-state index in [4.69, 9.17) is 16.7 Å². The van der Waals surface area contributed by atoms with Gasteiger partial charge < -0.3 is 10.4 Å². The maximum atomic E-state index is 11.0. The van der Waals surface area contributed by atoms with Crippen LogP contribution in [0, 0.1) is 10.1 Å². The Morgan fingerprint density at radius 3 is 2.53 bits per heavy atom. The Balaban J connectivity index is 3.21. The summed E-state index contributed by atoms with van der Waals surface area (Å²) in [5.74, 6) is 0.512. The third-order valence-corrected chi connectivity index (χ3v) is 2.59. The number of nitrogens with one attached hydrogen (secondary N) is 1. The van der Waals surface area contributed by atoms with Crippen molar-refractivity contribution in [3.8, 4) is 0 Å². The minimum atomic E-state index is -0.615. The van der Waals surface area contributed by atoms with Crippen LogP contribution in [0.4, 0.5) is 11.5 Å². The molecular weight excluding hydrogens is 272 g/mol. The van der Waals surface area contributed by atoms with Crippen LogP contribution in [0.2, 0.25) is 5.15 Å². The summed E-state index contributed by atoms with van der Waals surface area (Å²) < 4.78 is 0. The summed E-state index contributed by atoms with van der Waals surface area (Å²) in [7, 11) is 0. The zero-order valence-corrected chi connectivity index (χ0v) is 11.9. The second-order valence-electron chi connectivity index (χ2n) is 5.05. The molecule has 1 aromatic rings. The quantitative estimate of drug-likeness (QED) is 0.372. The summed E-state index contributed by atoms with van der Waals surface area (Å²) in [6.07, 6.45) is 0.462. The lowest BCUT2D eigenvalue weighted by Crippen LogP contribution is -2.19. The number of rotatable bonds is 5. The summed E-state index contributed by atoms with van der Waals surface area (Å²) in [6.45, 7) is 6.03. The summed E-state index contributed by atoms with van der Waals surface area (Å²) in [5.41, 5.74) is -0.709. The van der Waals surface area contributed by atoms with E-state index < -0.39 is 4.92 Å². The predicted molar refractivity (Wildman–Crippen MR) is 72.6 cm³/mol. The van der Waals surface area contributed by atoms with Crippen LogP contribution in [0.1, 0.15) is 33.0 Å². The molecule has 1 rings (SSSR count). The molecule has 0 radical (unpaired) electrons. The summed E-state index contributed by atoms with van der Waals surface area (Å²) in [6, 6.07) is 0. The number of aromatic nitrogens is 2. The highest BCUT2D eigenvalue weighted by molar-refractivity contribution is 6.31. The van der Waals surface area contributed by atoms with Gasteiger partial charge in [-0.3, -0.25) is 10.1 Å². The van der Waals surface area contributed by atoms with Crippen molar-refractivity contribution in [3.05, 3.63) is 21.1 Å². The van der Waals surface area contributed by atoms with Crippen molar-refractivity contribution < 1.29 is 10.0 Å². The van der Waals surface area contributed by atoms with Crippen LogP contribution < -0.4 is 5.32 Å². The molecule has 1 heterocycles. The number of nitro groups is 1. The van der Waals surface area contributed by atoms with E-state index in [1.54, 1.807) is 0 Å². The van der Waals surface area contributed by atoms with Crippen molar-refractivity contribution in [2.24, 2.45) is 0 Å². The Labute approximate surface area is 116 Å². The van der Waals surface area contributed by atoms with Crippen LogP contribution in [0.25, 0.3) is 0 Å². The zero-order chi connectivity index (χ0) is 14.6. The molecule has 2 N–H and O–H groups in total. The van der Waals surface area contributed by atoms with E-state index in [0.29, 0.717) is 18.8 Å². The van der Waals surface area contributed by atoms with E-state index in [1.165, 1.54) is 0 Å². The molecule has 0 aliphatic heterocycles. The molecule has 1 aromatic heterocycles. The Morgan fingerprint density at radius 1 is 1.42 bits per heavy atom. The molecule has 0 bridgehead atoms. The molecule has 0 atom stereocenters. The van der Waals surface area contributed by atoms with Gasteiger partial charge in [0.15, 0.2) is 0 Å². The van der Waals surface area contributed by atoms with Crippen molar-refractivity contribution in [3.63, 3.8) is 0 Å². The van der Waals surface area contributed by atoms with E-state index in [9.17, 15) is 10.1 Å². The fraction of sp³-hybridized carbons (Fsp3) is 0.636. The number of hydrogen-bond acceptors (Lipinski definition) is 6. The highest BCUT2D eigenvalue weighted by atomic mass is 35.5. The molecule has 0 unspecified atom stereocenters. The predicted octanol–water partition coefficient (Wildman–Crippen LogP) is 2.13. The first-order valence-electron chi connectivity index (χ1n) is 5.84. The lowest BCUT2D eigenvalue weighted by molar-refractivity contribution is -0.384. The highest BCUT2D eigenvalue weighted by Gasteiger charge is 2.27. The fourth-order valence-corrected chi connectivity index (χ4v) is 1.57. The third kappa shape index (κ3) is 4.00. The zero-order valence-electron chi connectivity index (χ0n) is 11.1. The minimum Gasteiger partial charge on any atom is -0.396 e. The lowest BCUT2D eigenvalue weighted by atomic mass is 9.96. The second-order valence-corrected chi connectivity index (χ2v) is 5.40. The van der Waals surface area contributed by atoms with Crippen LogP contribution in [0.5, 0.6) is 0 Å². The van der Waals surface area contributed by atoms with Crippen LogP contribution >= 0.6 is 11.6 Å². The Morgan fingerprint density at radius 2 is 2.05 bits per heavy atom. The van der Waals surface area contributed by atoms with Gasteiger partial charge in [-0.1, -0.05) is 32.4 Å². The molecule has 0 saturated heterocycles. The van der Waals surface area contributed by atoms with Gasteiger partial charge in [0.25, 0.3) is 0 Å². The Bertz CT molecular complexity index is 474. The molecule has 0 aliphatic rings. The van der Waals surface area contributed by atoms with Gasteiger partial charge >= 0.3 is 5.69 Å². The molecule has 106 valence electrons. The number of halogens is 1. The molecule has 7 nitrogen and oxygen atoms in total. The van der Waals surface area contributed by atoms with E-state index in [2.05, 4.69) is 15.3 Å². The average molecular weight is 289 g/mol. The maximum Gasteiger partial charge on any atom is 0.348 e. The molecule has 0 spiro atoms. The van der Waals surface area contributed by atoms with Crippen molar-refractivity contribution in [2.45, 2.75) is 32.6 Å². The van der Waals surface area contributed by atoms with Gasteiger partial charge in [-0.25, -0.2) is 9.97 Å². The topological polar surface area (TPSA) is 101 Å². The summed E-state index contributed by atoms with van der Waals surface area (Å²) in [4.78, 5) is 18.5. The van der Waals surface area contributed by atoms with Gasteiger partial charge in [0.2, 0.25) is 11.0 Å². The van der Waals surface area contributed by atoms with Gasteiger partial charge in [-0.15, -0.1) is 0 Å². The number of aliphatic hydroxyl groups excluding tert-OH is 1. The number of anilines is 1. The maximum absolute atomic E-state index is 11.0. The molecular formula is C11H17ClN4O3. The van der Waals surface area contributed by atoms with Gasteiger partial charge in [0.1, 0.15) is 5.82 Å². The molecule has 0 saturated carbocycles. The number of nitrogens with zero attached hydrogens (tertiary/aromatic N) is 3. The molecule has 0 aliphatic carbocycles. The second kappa shape index (κ2) is 6.12. The van der Waals surface area contributed by atoms with Gasteiger partial charge in [0, 0.05) is 18.6 Å². The molecule has 19 heavy (non-hydrogen) atoms. The van der Waals surface area contributed by atoms with Crippen LogP contribution in [-0.2, 0) is 5.41 Å². The average Bonchev–Trinajstić information content (AvgIpc) is 2.26. The number of hydrogen-bond donors (Lipinski definition) is 2. The monoisotopic (exact) mass is 288 g/mol. The first-order chi connectivity index (χ1) is 8.77. The van der Waals surface area contributed by atoms with Crippen molar-refractivity contribution in [1.29, 1.82) is 0 Å². The minimum absolute atomic E-state index is 0.00819. The smallest absolute Gasteiger partial charge is 0.348 e. The first kappa shape index (κ1) is 15.6. The van der Waals surface area contributed by atoms with Gasteiger partial charge in [-0.05, 0) is 6.42 Å². The van der Waals surface area contributed by atoms with E-state index in [0.717, 1.165) is 0 Å². The van der Waals surface area contributed by atoms with Crippen molar-refractivity contribution in [1.82, 2.24) is 9.97 Å².